The van der Waals surface area contributed by atoms with Crippen molar-refractivity contribution in [1.82, 2.24) is 10.3 Å². The first-order valence-electron chi connectivity index (χ1n) is 5.02. The number of benzene rings is 1. The largest absolute Gasteiger partial charge is 0.573 e. The summed E-state index contributed by atoms with van der Waals surface area (Å²) < 4.78 is 40.7. The lowest BCUT2D eigenvalue weighted by atomic mass is 10.3. The van der Waals surface area contributed by atoms with Gasteiger partial charge in [-0.1, -0.05) is 11.3 Å². The van der Waals surface area contributed by atoms with Crippen LogP contribution in [0.1, 0.15) is 0 Å². The van der Waals surface area contributed by atoms with E-state index in [1.54, 1.807) is 7.05 Å². The van der Waals surface area contributed by atoms with Crippen molar-refractivity contribution in [2.75, 3.05) is 12.4 Å². The van der Waals surface area contributed by atoms with E-state index in [-0.39, 0.29) is 5.75 Å². The van der Waals surface area contributed by atoms with Gasteiger partial charge in [-0.2, -0.15) is 0 Å². The number of aromatic nitrogens is 1. The van der Waals surface area contributed by atoms with Crippen LogP contribution in [-0.2, 0) is 0 Å². The predicted molar refractivity (Wildman–Crippen MR) is 71.6 cm³/mol. The third kappa shape index (κ3) is 3.67. The summed E-state index contributed by atoms with van der Waals surface area (Å²) in [7, 11) is 1.65. The molecule has 0 bridgehead atoms. The molecule has 0 aliphatic heterocycles. The molecule has 2 N–H and O–H groups in total. The molecule has 19 heavy (non-hydrogen) atoms. The van der Waals surface area contributed by atoms with Gasteiger partial charge in [-0.05, 0) is 24.4 Å². The summed E-state index contributed by atoms with van der Waals surface area (Å²) in [6, 6.07) is 3.96. The number of nitrogens with one attached hydrogen (secondary N) is 2. The fourth-order valence-electron chi connectivity index (χ4n) is 1.32. The molecule has 1 heterocycles. The fraction of sp³-hybridized carbons (Fsp3) is 0.200. The van der Waals surface area contributed by atoms with Crippen molar-refractivity contribution < 1.29 is 17.9 Å². The first-order chi connectivity index (χ1) is 8.87. The van der Waals surface area contributed by atoms with Crippen molar-refractivity contribution in [2.45, 2.75) is 6.36 Å². The molecule has 0 atom stereocenters. The molecular formula is C10H8F3N3OS2. The molecule has 0 amide bonds. The third-order valence-electron chi connectivity index (χ3n) is 2.04. The highest BCUT2D eigenvalue weighted by Gasteiger charge is 2.31. The first-order valence-corrected chi connectivity index (χ1v) is 6.25. The Hall–Kier alpha value is -1.61. The molecule has 0 aliphatic rings. The maximum Gasteiger partial charge on any atom is 0.573 e. The molecule has 2 aromatic rings. The Kier molecular flexibility index (Phi) is 3.76. The van der Waals surface area contributed by atoms with Gasteiger partial charge in [0.25, 0.3) is 0 Å². The van der Waals surface area contributed by atoms with E-state index in [0.717, 1.165) is 0 Å². The lowest BCUT2D eigenvalue weighted by molar-refractivity contribution is -0.274. The number of alkyl halides is 3. The Morgan fingerprint density at radius 1 is 1.42 bits per heavy atom. The number of nitrogens with zero attached hydrogens (tertiary/aromatic N) is 1. The number of hydrogen-bond donors (Lipinski definition) is 2. The second-order valence-corrected chi connectivity index (χ2v) is 4.84. The molecular weight excluding hydrogens is 299 g/mol. The Labute approximate surface area is 115 Å². The van der Waals surface area contributed by atoms with Crippen LogP contribution < -0.4 is 15.4 Å². The van der Waals surface area contributed by atoms with Crippen molar-refractivity contribution in [1.29, 1.82) is 0 Å². The van der Waals surface area contributed by atoms with E-state index in [9.17, 15) is 13.2 Å². The van der Waals surface area contributed by atoms with Gasteiger partial charge in [0.15, 0.2) is 10.2 Å². The fourth-order valence-corrected chi connectivity index (χ4v) is 2.38. The van der Waals surface area contributed by atoms with Crippen LogP contribution in [0.5, 0.6) is 5.75 Å². The summed E-state index contributed by atoms with van der Waals surface area (Å²) in [5.41, 5.74) is 0.570. The van der Waals surface area contributed by atoms with Gasteiger partial charge in [0, 0.05) is 13.1 Å². The SMILES string of the molecule is CNC(=S)Nc1nc2ccc(OC(F)(F)F)cc2s1. The quantitative estimate of drug-likeness (QED) is 0.835. The Balaban J connectivity index is 2.26. The van der Waals surface area contributed by atoms with Gasteiger partial charge in [0.2, 0.25) is 0 Å². The van der Waals surface area contributed by atoms with Gasteiger partial charge in [-0.3, -0.25) is 0 Å². The third-order valence-corrected chi connectivity index (χ3v) is 3.28. The van der Waals surface area contributed by atoms with Crippen LogP contribution in [0.4, 0.5) is 18.3 Å². The monoisotopic (exact) mass is 307 g/mol. The number of fused-ring (bicyclic) bond motifs is 1. The number of rotatable bonds is 2. The molecule has 102 valence electrons. The van der Waals surface area contributed by atoms with Crippen molar-refractivity contribution in [3.63, 3.8) is 0 Å². The minimum Gasteiger partial charge on any atom is -0.406 e. The molecule has 0 spiro atoms. The van der Waals surface area contributed by atoms with Crippen LogP contribution in [0.3, 0.4) is 0 Å². The second kappa shape index (κ2) is 5.17. The molecule has 0 radical (unpaired) electrons. The second-order valence-electron chi connectivity index (χ2n) is 3.40. The van der Waals surface area contributed by atoms with Crippen LogP contribution >= 0.6 is 23.6 Å². The van der Waals surface area contributed by atoms with Crippen molar-refractivity contribution >= 4 is 44.0 Å². The average Bonchev–Trinajstić information content (AvgIpc) is 2.68. The van der Waals surface area contributed by atoms with Gasteiger partial charge >= 0.3 is 6.36 Å². The number of halogens is 3. The highest BCUT2D eigenvalue weighted by Crippen LogP contribution is 2.31. The summed E-state index contributed by atoms with van der Waals surface area (Å²) >= 11 is 6.09. The minimum absolute atomic E-state index is 0.272. The lowest BCUT2D eigenvalue weighted by Gasteiger charge is -2.07. The van der Waals surface area contributed by atoms with E-state index in [4.69, 9.17) is 12.2 Å². The molecule has 0 unspecified atom stereocenters. The van der Waals surface area contributed by atoms with Crippen molar-refractivity contribution in [3.05, 3.63) is 18.2 Å². The van der Waals surface area contributed by atoms with Crippen molar-refractivity contribution in [2.24, 2.45) is 0 Å². The Bertz CT molecular complexity index is 612. The van der Waals surface area contributed by atoms with Gasteiger partial charge in [-0.25, -0.2) is 4.98 Å². The maximum absolute atomic E-state index is 12.1. The smallest absolute Gasteiger partial charge is 0.406 e. The average molecular weight is 307 g/mol. The zero-order valence-electron chi connectivity index (χ0n) is 9.54. The molecule has 0 saturated carbocycles. The van der Waals surface area contributed by atoms with E-state index in [0.29, 0.717) is 20.5 Å². The Morgan fingerprint density at radius 2 is 2.16 bits per heavy atom. The molecule has 1 aromatic carbocycles. The van der Waals surface area contributed by atoms with Gasteiger partial charge in [0.1, 0.15) is 5.75 Å². The van der Waals surface area contributed by atoms with Crippen molar-refractivity contribution in [3.8, 4) is 5.75 Å². The van der Waals surface area contributed by atoms with Gasteiger partial charge < -0.3 is 15.4 Å². The predicted octanol–water partition coefficient (Wildman–Crippen LogP) is 3.11. The van der Waals surface area contributed by atoms with Crippen LogP contribution in [0.15, 0.2) is 18.2 Å². The highest BCUT2D eigenvalue weighted by molar-refractivity contribution is 7.80. The molecule has 0 aliphatic carbocycles. The van der Waals surface area contributed by atoms with Gasteiger partial charge in [0.05, 0.1) is 10.2 Å². The summed E-state index contributed by atoms with van der Waals surface area (Å²) in [6.45, 7) is 0. The number of ether oxygens (including phenoxy) is 1. The topological polar surface area (TPSA) is 46.2 Å². The number of hydrogen-bond acceptors (Lipinski definition) is 4. The number of thiocarbonyl (C=S) groups is 1. The van der Waals surface area contributed by atoms with Crippen LogP contribution in [0, 0.1) is 0 Å². The number of thiazole rings is 1. The molecule has 9 heteroatoms. The van der Waals surface area contributed by atoms with E-state index >= 15 is 0 Å². The summed E-state index contributed by atoms with van der Waals surface area (Å²) in [5, 5.41) is 6.41. The molecule has 0 saturated heterocycles. The highest BCUT2D eigenvalue weighted by atomic mass is 32.1. The van der Waals surface area contributed by atoms with E-state index in [1.807, 2.05) is 0 Å². The van der Waals surface area contributed by atoms with Crippen LogP contribution in [0.25, 0.3) is 10.2 Å². The summed E-state index contributed by atoms with van der Waals surface area (Å²) in [6.07, 6.45) is -4.70. The van der Waals surface area contributed by atoms with E-state index in [2.05, 4.69) is 20.4 Å². The normalized spacial score (nSPS) is 11.4. The molecule has 0 fully saturated rings. The molecule has 4 nitrogen and oxygen atoms in total. The molecule has 1 aromatic heterocycles. The van der Waals surface area contributed by atoms with Crippen LogP contribution in [-0.4, -0.2) is 23.5 Å². The van der Waals surface area contributed by atoms with E-state index in [1.165, 1.54) is 29.5 Å². The maximum atomic E-state index is 12.1. The van der Waals surface area contributed by atoms with E-state index < -0.39 is 6.36 Å². The number of anilines is 1. The van der Waals surface area contributed by atoms with Crippen LogP contribution in [0.2, 0.25) is 0 Å². The molecule has 2 rings (SSSR count). The lowest BCUT2D eigenvalue weighted by Crippen LogP contribution is -2.23. The van der Waals surface area contributed by atoms with Gasteiger partial charge in [-0.15, -0.1) is 13.2 Å². The zero-order chi connectivity index (χ0) is 14.0. The standard InChI is InChI=1S/C10H8F3N3OS2/c1-14-8(18)16-9-15-6-3-2-5(4-7(6)19-9)17-10(11,12)13/h2-4H,1H3,(H2,14,15,16,18). The minimum atomic E-state index is -4.70. The first kappa shape index (κ1) is 13.8. The summed E-state index contributed by atoms with van der Waals surface area (Å²) in [5.74, 6) is -0.272. The zero-order valence-corrected chi connectivity index (χ0v) is 11.2. The Morgan fingerprint density at radius 3 is 2.79 bits per heavy atom. The summed E-state index contributed by atoms with van der Waals surface area (Å²) in [4.78, 5) is 4.18.